The van der Waals surface area contributed by atoms with Crippen molar-refractivity contribution in [2.24, 2.45) is 0 Å². The Morgan fingerprint density at radius 1 is 0.897 bits per heavy atom. The molecule has 0 aliphatic heterocycles. The van der Waals surface area contributed by atoms with Gasteiger partial charge in [0.15, 0.2) is 5.75 Å². The quantitative estimate of drug-likeness (QED) is 0.344. The SMILES string of the molecule is CCCCCc1ccc(-n2cc(OCc3ccccc3)c(=O)c(C3C=C3)c2)cc1. The van der Waals surface area contributed by atoms with Gasteiger partial charge in [-0.05, 0) is 36.1 Å². The Hall–Kier alpha value is -3.07. The van der Waals surface area contributed by atoms with Crippen LogP contribution in [0.25, 0.3) is 5.69 Å². The molecule has 1 heterocycles. The number of allylic oxidation sites excluding steroid dienone is 2. The number of rotatable bonds is 9. The van der Waals surface area contributed by atoms with Gasteiger partial charge in [-0.1, -0.05) is 74.4 Å². The Labute approximate surface area is 172 Å². The minimum Gasteiger partial charge on any atom is -0.483 e. The van der Waals surface area contributed by atoms with Crippen molar-refractivity contribution in [3.8, 4) is 11.4 Å². The Morgan fingerprint density at radius 3 is 2.34 bits per heavy atom. The van der Waals surface area contributed by atoms with Crippen molar-refractivity contribution in [2.75, 3.05) is 0 Å². The second-order valence-electron chi connectivity index (χ2n) is 7.62. The molecule has 1 aromatic heterocycles. The number of benzene rings is 2. The lowest BCUT2D eigenvalue weighted by Crippen LogP contribution is -2.16. The summed E-state index contributed by atoms with van der Waals surface area (Å²) in [5.74, 6) is 0.523. The summed E-state index contributed by atoms with van der Waals surface area (Å²) in [5.41, 5.74) is 4.18. The Bertz CT molecular complexity index is 1030. The van der Waals surface area contributed by atoms with Gasteiger partial charge >= 0.3 is 0 Å². The second kappa shape index (κ2) is 8.95. The highest BCUT2D eigenvalue weighted by molar-refractivity contribution is 5.44. The molecule has 3 aromatic rings. The van der Waals surface area contributed by atoms with Crippen LogP contribution in [-0.2, 0) is 13.0 Å². The van der Waals surface area contributed by atoms with Gasteiger partial charge in [-0.15, -0.1) is 0 Å². The highest BCUT2D eigenvalue weighted by Gasteiger charge is 2.21. The zero-order chi connectivity index (χ0) is 20.1. The van der Waals surface area contributed by atoms with E-state index in [1.165, 1.54) is 24.8 Å². The van der Waals surface area contributed by atoms with Crippen LogP contribution in [0.3, 0.4) is 0 Å². The van der Waals surface area contributed by atoms with E-state index in [0.29, 0.717) is 12.4 Å². The molecule has 0 atom stereocenters. The van der Waals surface area contributed by atoms with Crippen LogP contribution in [0.5, 0.6) is 5.75 Å². The molecule has 1 aliphatic rings. The van der Waals surface area contributed by atoms with Crippen LogP contribution in [0, 0.1) is 0 Å². The molecule has 0 amide bonds. The number of aryl methyl sites for hydroxylation is 1. The summed E-state index contributed by atoms with van der Waals surface area (Å²) in [5, 5.41) is 0. The first-order valence-electron chi connectivity index (χ1n) is 10.4. The smallest absolute Gasteiger partial charge is 0.227 e. The van der Waals surface area contributed by atoms with Crippen LogP contribution in [0.15, 0.2) is 83.9 Å². The van der Waals surface area contributed by atoms with Crippen molar-refractivity contribution in [1.29, 1.82) is 0 Å². The zero-order valence-corrected chi connectivity index (χ0v) is 16.9. The monoisotopic (exact) mass is 385 g/mol. The molecule has 3 nitrogen and oxygen atoms in total. The zero-order valence-electron chi connectivity index (χ0n) is 16.9. The van der Waals surface area contributed by atoms with Crippen molar-refractivity contribution in [1.82, 2.24) is 4.57 Å². The van der Waals surface area contributed by atoms with Crippen LogP contribution in [0.2, 0.25) is 0 Å². The fourth-order valence-electron chi connectivity index (χ4n) is 3.47. The van der Waals surface area contributed by atoms with E-state index in [4.69, 9.17) is 4.74 Å². The van der Waals surface area contributed by atoms with E-state index in [1.54, 1.807) is 0 Å². The molecule has 0 fully saturated rings. The van der Waals surface area contributed by atoms with Gasteiger partial charge in [0.25, 0.3) is 0 Å². The number of pyridine rings is 1. The van der Waals surface area contributed by atoms with Gasteiger partial charge < -0.3 is 9.30 Å². The maximum absolute atomic E-state index is 12.9. The molecule has 0 N–H and O–H groups in total. The van der Waals surface area contributed by atoms with E-state index >= 15 is 0 Å². The number of hydrogen-bond acceptors (Lipinski definition) is 2. The van der Waals surface area contributed by atoms with Crippen LogP contribution >= 0.6 is 0 Å². The molecule has 0 saturated carbocycles. The third kappa shape index (κ3) is 4.86. The highest BCUT2D eigenvalue weighted by atomic mass is 16.5. The standard InChI is InChI=1S/C26H27NO2/c1-2-3-5-8-20-11-15-23(16-12-20)27-17-24(22-13-14-22)26(28)25(18-27)29-19-21-9-6-4-7-10-21/h4,6-7,9-18,22H,2-3,5,8,19H2,1H3. The first-order valence-corrected chi connectivity index (χ1v) is 10.4. The molecule has 2 aromatic carbocycles. The fourth-order valence-corrected chi connectivity index (χ4v) is 3.47. The van der Waals surface area contributed by atoms with Gasteiger partial charge in [0.1, 0.15) is 6.61 Å². The first-order chi connectivity index (χ1) is 14.2. The molecule has 29 heavy (non-hydrogen) atoms. The van der Waals surface area contributed by atoms with Crippen molar-refractivity contribution in [3.05, 3.63) is 106 Å². The van der Waals surface area contributed by atoms with E-state index in [-0.39, 0.29) is 11.3 Å². The summed E-state index contributed by atoms with van der Waals surface area (Å²) in [7, 11) is 0. The Balaban J connectivity index is 1.58. The topological polar surface area (TPSA) is 31.2 Å². The summed E-state index contributed by atoms with van der Waals surface area (Å²) in [6.07, 6.45) is 12.7. The van der Waals surface area contributed by atoms with Crippen molar-refractivity contribution < 1.29 is 4.74 Å². The summed E-state index contributed by atoms with van der Waals surface area (Å²) in [4.78, 5) is 12.9. The number of nitrogens with zero attached hydrogens (tertiary/aromatic N) is 1. The summed E-state index contributed by atoms with van der Waals surface area (Å²) in [6.45, 7) is 2.61. The summed E-state index contributed by atoms with van der Waals surface area (Å²) in [6, 6.07) is 18.5. The van der Waals surface area contributed by atoms with Crippen LogP contribution in [0.4, 0.5) is 0 Å². The summed E-state index contributed by atoms with van der Waals surface area (Å²) < 4.78 is 7.94. The largest absolute Gasteiger partial charge is 0.483 e. The molecular formula is C26H27NO2. The molecule has 0 spiro atoms. The van der Waals surface area contributed by atoms with Crippen molar-refractivity contribution in [2.45, 2.75) is 45.1 Å². The summed E-state index contributed by atoms with van der Waals surface area (Å²) >= 11 is 0. The van der Waals surface area contributed by atoms with Gasteiger partial charge in [0, 0.05) is 23.4 Å². The molecule has 3 heteroatoms. The minimum absolute atomic E-state index is 0.0247. The van der Waals surface area contributed by atoms with Gasteiger partial charge in [-0.25, -0.2) is 0 Å². The van der Waals surface area contributed by atoms with Crippen LogP contribution < -0.4 is 10.2 Å². The molecule has 148 valence electrons. The maximum Gasteiger partial charge on any atom is 0.227 e. The lowest BCUT2D eigenvalue weighted by Gasteiger charge is -2.14. The normalized spacial score (nSPS) is 12.9. The highest BCUT2D eigenvalue weighted by Crippen LogP contribution is 2.29. The molecular weight excluding hydrogens is 358 g/mol. The minimum atomic E-state index is -0.0247. The maximum atomic E-state index is 12.9. The van der Waals surface area contributed by atoms with Crippen LogP contribution in [-0.4, -0.2) is 4.57 Å². The first kappa shape index (κ1) is 19.3. The van der Waals surface area contributed by atoms with Gasteiger partial charge in [0.05, 0.1) is 6.20 Å². The third-order valence-corrected chi connectivity index (χ3v) is 5.31. The van der Waals surface area contributed by atoms with E-state index in [9.17, 15) is 4.79 Å². The lowest BCUT2D eigenvalue weighted by atomic mass is 10.1. The second-order valence-corrected chi connectivity index (χ2v) is 7.62. The van der Waals surface area contributed by atoms with E-state index in [1.807, 2.05) is 59.4 Å². The molecule has 0 bridgehead atoms. The lowest BCUT2D eigenvalue weighted by molar-refractivity contribution is 0.301. The average Bonchev–Trinajstić information content (AvgIpc) is 3.60. The van der Waals surface area contributed by atoms with Gasteiger partial charge in [-0.2, -0.15) is 0 Å². The number of hydrogen-bond donors (Lipinski definition) is 0. The molecule has 1 aliphatic carbocycles. The van der Waals surface area contributed by atoms with Crippen molar-refractivity contribution in [3.63, 3.8) is 0 Å². The van der Waals surface area contributed by atoms with E-state index in [2.05, 4.69) is 31.2 Å². The molecule has 4 rings (SSSR count). The number of ether oxygens (including phenoxy) is 1. The molecule has 0 unspecified atom stereocenters. The number of unbranched alkanes of at least 4 members (excludes halogenated alkanes) is 2. The van der Waals surface area contributed by atoms with Crippen LogP contribution in [0.1, 0.15) is 48.8 Å². The Morgan fingerprint density at radius 2 is 1.66 bits per heavy atom. The predicted octanol–water partition coefficient (Wildman–Crippen LogP) is 5.80. The van der Waals surface area contributed by atoms with Crippen molar-refractivity contribution >= 4 is 0 Å². The average molecular weight is 386 g/mol. The van der Waals surface area contributed by atoms with Gasteiger partial charge in [0.2, 0.25) is 5.43 Å². The molecule has 0 radical (unpaired) electrons. The van der Waals surface area contributed by atoms with Gasteiger partial charge in [-0.3, -0.25) is 4.79 Å². The Kier molecular flexibility index (Phi) is 5.95. The molecule has 0 saturated heterocycles. The third-order valence-electron chi connectivity index (χ3n) is 5.31. The fraction of sp³-hybridized carbons (Fsp3) is 0.269. The van der Waals surface area contributed by atoms with E-state index in [0.717, 1.165) is 23.2 Å². The predicted molar refractivity (Wildman–Crippen MR) is 118 cm³/mol. The van der Waals surface area contributed by atoms with E-state index < -0.39 is 0 Å². The number of aromatic nitrogens is 1.